The van der Waals surface area contributed by atoms with Crippen molar-refractivity contribution in [2.24, 2.45) is 5.11 Å². The van der Waals surface area contributed by atoms with Gasteiger partial charge >= 0.3 is 52.6 Å². The van der Waals surface area contributed by atoms with Gasteiger partial charge in [-0.1, -0.05) is 5.11 Å². The van der Waals surface area contributed by atoms with Crippen molar-refractivity contribution in [1.82, 2.24) is 29.1 Å². The number of H-pyrrole nitrogens is 1. The third-order valence-electron chi connectivity index (χ3n) is 7.49. The molecule has 0 saturated carbocycles. The van der Waals surface area contributed by atoms with Gasteiger partial charge in [-0.25, -0.2) is 47.1 Å². The van der Waals surface area contributed by atoms with E-state index in [9.17, 15) is 57.0 Å². The van der Waals surface area contributed by atoms with Gasteiger partial charge in [-0.15, -0.1) is 0 Å². The molecule has 3 aromatic rings. The number of phosphoric ester groups is 2. The number of nitrogens with zero attached hydrogens (tertiary/aromatic N) is 8. The maximum absolute atomic E-state index is 12.0. The van der Waals surface area contributed by atoms with Gasteiger partial charge in [0.2, 0.25) is 0 Å². The molecule has 11 atom stereocenters. The zero-order valence-corrected chi connectivity index (χ0v) is 35.6. The molecule has 0 amide bonds. The molecule has 5 heterocycles. The Balaban J connectivity index is 0.000000273. The number of aliphatic hydroxyl groups excluding tert-OH is 2. The highest BCUT2D eigenvalue weighted by molar-refractivity contribution is 7.67. The number of imidazole rings is 1. The number of nitrogens with two attached hydrogens (primary N) is 1. The van der Waals surface area contributed by atoms with Crippen LogP contribution in [0.2, 0.25) is 0 Å². The number of aromatic nitrogens is 6. The number of rotatable bonds is 17. The fourth-order valence-corrected chi connectivity index (χ4v) is 11.2. The molecule has 348 valence electrons. The molecular weight excluding hydrogens is 982 g/mol. The minimum Gasteiger partial charge on any atom is -0.387 e. The Kier molecular flexibility index (Phi) is 16.3. The summed E-state index contributed by atoms with van der Waals surface area (Å²) in [6.07, 6.45) is -4.95. The Bertz CT molecular complexity index is 2590. The second-order valence-corrected chi connectivity index (χ2v) is 20.9. The fourth-order valence-electron chi connectivity index (χ4n) is 5.12. The molecule has 13 N–H and O–H groups in total. The highest BCUT2D eigenvalue weighted by Crippen LogP contribution is 2.67. The monoisotopic (exact) mass is 1010 g/mol. The second kappa shape index (κ2) is 19.6. The Labute approximate surface area is 341 Å². The summed E-state index contributed by atoms with van der Waals surface area (Å²) in [7, 11) is -33.4. The average Bonchev–Trinajstić information content (AvgIpc) is 3.78. The van der Waals surface area contributed by atoms with Crippen LogP contribution >= 0.6 is 46.9 Å². The van der Waals surface area contributed by atoms with Gasteiger partial charge in [-0.05, 0) is 12.5 Å². The summed E-state index contributed by atoms with van der Waals surface area (Å²) in [5.74, 6) is 0.0426. The van der Waals surface area contributed by atoms with E-state index in [1.807, 2.05) is 4.98 Å². The maximum atomic E-state index is 12.0. The average molecular weight is 1010 g/mol. The van der Waals surface area contributed by atoms with Crippen LogP contribution in [0.3, 0.4) is 0 Å². The SMILES string of the molecule is Cc1cn([C@H]2C[C@H](N=[N+]=[N-])[C@@H](COP(=O)(O)OP(=O)(O)OP(=O)(O)O)O2)c(=O)[nH]c1=O.Nc1ncnc2c1ncn2[C@@H]1O[C@H](COP(=O)(O)OP(=O)(O)OP(=O)(O)O)[C@@H](O)[C@H]1O. The second-order valence-electron chi connectivity index (χ2n) is 12.0. The van der Waals surface area contributed by atoms with Crippen LogP contribution in [0.4, 0.5) is 5.82 Å². The molecule has 2 aliphatic rings. The molecule has 0 radical (unpaired) electrons. The van der Waals surface area contributed by atoms with Gasteiger partial charge in [0.25, 0.3) is 5.56 Å². The van der Waals surface area contributed by atoms with Crippen LogP contribution in [0.1, 0.15) is 24.4 Å². The molecule has 0 aromatic carbocycles. The third-order valence-corrected chi connectivity index (χ3v) is 15.1. The lowest BCUT2D eigenvalue weighted by molar-refractivity contribution is -0.0503. The molecule has 2 saturated heterocycles. The minimum absolute atomic E-state index is 0.0426. The largest absolute Gasteiger partial charge is 0.490 e. The van der Waals surface area contributed by atoms with Gasteiger partial charge < -0.3 is 64.6 Å². The van der Waals surface area contributed by atoms with E-state index in [1.54, 1.807) is 0 Å². The molecule has 2 aliphatic heterocycles. The number of ether oxygens (including phenoxy) is 2. The molecule has 3 aromatic heterocycles. The zero-order chi connectivity index (χ0) is 46.8. The smallest absolute Gasteiger partial charge is 0.387 e. The van der Waals surface area contributed by atoms with Crippen molar-refractivity contribution in [3.8, 4) is 0 Å². The van der Waals surface area contributed by atoms with Crippen molar-refractivity contribution in [3.05, 3.63) is 55.7 Å². The van der Waals surface area contributed by atoms with Gasteiger partial charge in [-0.3, -0.25) is 28.0 Å². The first kappa shape index (κ1) is 51.6. The van der Waals surface area contributed by atoms with Crippen LogP contribution in [0.15, 0.2) is 33.6 Å². The first-order valence-electron chi connectivity index (χ1n) is 15.8. The van der Waals surface area contributed by atoms with Crippen molar-refractivity contribution < 1.29 is 113 Å². The van der Waals surface area contributed by atoms with Crippen molar-refractivity contribution in [2.75, 3.05) is 18.9 Å². The number of nitrogen functional groups attached to an aromatic ring is 1. The molecule has 36 nitrogen and oxygen atoms in total. The summed E-state index contributed by atoms with van der Waals surface area (Å²) < 4.78 is 104. The van der Waals surface area contributed by atoms with Gasteiger partial charge in [0.1, 0.15) is 36.4 Å². The summed E-state index contributed by atoms with van der Waals surface area (Å²) in [5, 5.41) is 23.8. The number of phosphoric acid groups is 6. The van der Waals surface area contributed by atoms with E-state index in [0.29, 0.717) is 0 Å². The Morgan fingerprint density at radius 2 is 1.37 bits per heavy atom. The third kappa shape index (κ3) is 14.5. The standard InChI is InChI=1S/2C10H16N5O13P3/c11-8-5-9(13-2-12-8)15(3-14-5)10-7(17)6(16)4(26-10)1-25-30(21,22)28-31(23,24)27-29(18,19)20;1-5-3-15(10(17)12-9(5)16)8-2-6(13-14-11)7(26-8)4-25-30(21,22)28-31(23,24)27-29(18,19)20/h2-4,6-7,10,16-17H,1H2,(H,21,22)(H,23,24)(H2,11,12,13)(H2,18,19,20);3,6-8H,2,4H2,1H3,(H,21,22)(H,23,24)(H,12,16,17)(H2,18,19,20)/t4-,6-,7-,10-;6-,7+,8+/m10/s1. The van der Waals surface area contributed by atoms with E-state index in [2.05, 4.69) is 51.3 Å². The number of fused-ring (bicyclic) bond motifs is 1. The van der Waals surface area contributed by atoms with Crippen molar-refractivity contribution >= 4 is 63.9 Å². The van der Waals surface area contributed by atoms with Gasteiger partial charge in [0.15, 0.2) is 17.7 Å². The Morgan fingerprint density at radius 3 is 1.90 bits per heavy atom. The van der Waals surface area contributed by atoms with E-state index in [1.165, 1.54) is 24.0 Å². The highest BCUT2D eigenvalue weighted by Gasteiger charge is 2.47. The molecule has 0 spiro atoms. The molecule has 4 unspecified atom stereocenters. The summed E-state index contributed by atoms with van der Waals surface area (Å²) in [4.78, 5) is 111. The highest BCUT2D eigenvalue weighted by atomic mass is 31.3. The predicted octanol–water partition coefficient (Wildman–Crippen LogP) is -1.47. The first-order valence-corrected chi connectivity index (χ1v) is 24.9. The fraction of sp³-hybridized carbons (Fsp3) is 0.550. The zero-order valence-electron chi connectivity index (χ0n) is 30.2. The lowest BCUT2D eigenvalue weighted by atomic mass is 10.1. The minimum atomic E-state index is -5.70. The number of hydrogen-bond donors (Lipinski definition) is 12. The number of azide groups is 1. The number of hydrogen-bond acceptors (Lipinski definition) is 23. The van der Waals surface area contributed by atoms with Crippen molar-refractivity contribution in [2.45, 2.75) is 56.3 Å². The maximum Gasteiger partial charge on any atom is 0.490 e. The number of aromatic amines is 1. The predicted molar refractivity (Wildman–Crippen MR) is 193 cm³/mol. The Hall–Kier alpha value is -3.00. The summed E-state index contributed by atoms with van der Waals surface area (Å²) >= 11 is 0. The van der Waals surface area contributed by atoms with E-state index in [-0.39, 0.29) is 29.0 Å². The number of aliphatic hydroxyl groups is 2. The Morgan fingerprint density at radius 1 is 0.823 bits per heavy atom. The molecule has 0 aliphatic carbocycles. The number of anilines is 1. The van der Waals surface area contributed by atoms with Crippen LogP contribution in [-0.4, -0.2) is 122 Å². The van der Waals surface area contributed by atoms with Crippen molar-refractivity contribution in [3.63, 3.8) is 0 Å². The van der Waals surface area contributed by atoms with E-state index >= 15 is 0 Å². The van der Waals surface area contributed by atoms with Gasteiger partial charge in [-0.2, -0.15) is 17.2 Å². The summed E-state index contributed by atoms with van der Waals surface area (Å²) in [6, 6.07) is -1.04. The normalized spacial score (nSPS) is 26.9. The summed E-state index contributed by atoms with van der Waals surface area (Å²) in [6.45, 7) is -0.412. The lowest BCUT2D eigenvalue weighted by Crippen LogP contribution is -2.33. The van der Waals surface area contributed by atoms with Gasteiger partial charge in [0.05, 0.1) is 31.7 Å². The van der Waals surface area contributed by atoms with Crippen molar-refractivity contribution in [1.29, 1.82) is 0 Å². The quantitative estimate of drug-likeness (QED) is 0.0318. The van der Waals surface area contributed by atoms with Crippen LogP contribution in [-0.2, 0) is 63.2 Å². The molecule has 2 fully saturated rings. The van der Waals surface area contributed by atoms with Crippen LogP contribution in [0, 0.1) is 6.92 Å². The van der Waals surface area contributed by atoms with E-state index in [4.69, 9.17) is 50.1 Å². The first-order chi connectivity index (χ1) is 28.3. The van der Waals surface area contributed by atoms with E-state index in [0.717, 1.165) is 10.9 Å². The summed E-state index contributed by atoms with van der Waals surface area (Å²) in [5.41, 5.74) is 13.4. The number of aryl methyl sites for hydroxylation is 1. The van der Waals surface area contributed by atoms with E-state index < -0.39 is 114 Å². The van der Waals surface area contributed by atoms with Crippen LogP contribution < -0.4 is 17.0 Å². The molecule has 0 bridgehead atoms. The molecular formula is C20H32N10O26P6. The van der Waals surface area contributed by atoms with Gasteiger partial charge in [0, 0.05) is 23.1 Å². The van der Waals surface area contributed by atoms with Crippen LogP contribution in [0.25, 0.3) is 21.6 Å². The molecule has 5 rings (SSSR count). The molecule has 62 heavy (non-hydrogen) atoms. The topological polar surface area (TPSA) is 552 Å². The molecule has 42 heteroatoms. The lowest BCUT2D eigenvalue weighted by Gasteiger charge is -2.19. The number of nitrogens with one attached hydrogen (secondary N) is 1. The van der Waals surface area contributed by atoms with Crippen LogP contribution in [0.5, 0.6) is 0 Å².